The first kappa shape index (κ1) is 23.1. The second-order valence-electron chi connectivity index (χ2n) is 8.18. The molecule has 0 saturated heterocycles. The van der Waals surface area contributed by atoms with Crippen LogP contribution < -0.4 is 0 Å². The maximum atomic E-state index is 13.1. The first-order valence-corrected chi connectivity index (χ1v) is 11.1. The molecule has 0 aliphatic carbocycles. The summed E-state index contributed by atoms with van der Waals surface area (Å²) >= 11 is 0. The van der Waals surface area contributed by atoms with Crippen molar-refractivity contribution in [3.05, 3.63) is 107 Å². The highest BCUT2D eigenvalue weighted by atomic mass is 16.5. The van der Waals surface area contributed by atoms with E-state index < -0.39 is 12.1 Å². The summed E-state index contributed by atoms with van der Waals surface area (Å²) in [5.41, 5.74) is 4.92. The van der Waals surface area contributed by atoms with Crippen LogP contribution in [0.3, 0.4) is 0 Å². The largest absolute Gasteiger partial charge is 0.479 e. The number of aliphatic carboxylic acids is 1. The third kappa shape index (κ3) is 5.30. The molecule has 3 aromatic carbocycles. The van der Waals surface area contributed by atoms with E-state index in [4.69, 9.17) is 9.84 Å². The third-order valence-electron chi connectivity index (χ3n) is 5.57. The Hall–Kier alpha value is -4.03. The van der Waals surface area contributed by atoms with Gasteiger partial charge in [-0.1, -0.05) is 78.4 Å². The summed E-state index contributed by atoms with van der Waals surface area (Å²) in [4.78, 5) is 24.1. The van der Waals surface area contributed by atoms with Crippen LogP contribution in [0.5, 0.6) is 0 Å². The van der Waals surface area contributed by atoms with Crippen molar-refractivity contribution >= 4 is 28.7 Å². The molecule has 0 amide bonds. The Bertz CT molecular complexity index is 1350. The lowest BCUT2D eigenvalue weighted by Crippen LogP contribution is -2.19. The van der Waals surface area contributed by atoms with E-state index in [0.717, 1.165) is 27.6 Å². The third-order valence-corrected chi connectivity index (χ3v) is 5.57. The van der Waals surface area contributed by atoms with Gasteiger partial charge in [0.05, 0.1) is 18.7 Å². The fourth-order valence-electron chi connectivity index (χ4n) is 3.64. The SMILES string of the molecule is Cc1ccc(C(=O)c2nn(C/C=C/c3cccc(CO[C@H](C)C(=O)O)c3)c3ccccc23)cc1. The quantitative estimate of drug-likeness (QED) is 0.348. The van der Waals surface area contributed by atoms with Crippen molar-refractivity contribution in [2.24, 2.45) is 0 Å². The Balaban J connectivity index is 1.52. The molecule has 1 heterocycles. The van der Waals surface area contributed by atoms with Crippen LogP contribution in [0.4, 0.5) is 0 Å². The molecule has 0 aliphatic heterocycles. The average molecular weight is 455 g/mol. The standard InChI is InChI=1S/C28H26N2O4/c1-19-12-14-23(15-13-19)27(31)26-24-10-3-4-11-25(24)30(29-26)16-6-9-21-7-5-8-22(17-21)18-34-20(2)28(32)33/h3-15,17,20H,16,18H2,1-2H3,(H,32,33)/b9-6+/t20-/m1/s1. The molecule has 0 radical (unpaired) electrons. The number of carbonyl (C=O) groups excluding carboxylic acids is 1. The van der Waals surface area contributed by atoms with Gasteiger partial charge in [-0.05, 0) is 37.1 Å². The normalized spacial score (nSPS) is 12.3. The number of aryl methyl sites for hydroxylation is 1. The highest BCUT2D eigenvalue weighted by Gasteiger charge is 2.18. The van der Waals surface area contributed by atoms with Crippen molar-refractivity contribution in [3.63, 3.8) is 0 Å². The van der Waals surface area contributed by atoms with Crippen LogP contribution in [0.2, 0.25) is 0 Å². The summed E-state index contributed by atoms with van der Waals surface area (Å²) < 4.78 is 7.19. The number of fused-ring (bicyclic) bond motifs is 1. The lowest BCUT2D eigenvalue weighted by molar-refractivity contribution is -0.149. The van der Waals surface area contributed by atoms with Crippen LogP contribution in [0.1, 0.15) is 39.7 Å². The highest BCUT2D eigenvalue weighted by molar-refractivity contribution is 6.14. The fourth-order valence-corrected chi connectivity index (χ4v) is 3.64. The molecule has 0 saturated carbocycles. The van der Waals surface area contributed by atoms with Crippen molar-refractivity contribution in [2.45, 2.75) is 33.1 Å². The molecule has 1 N–H and O–H groups in total. The molecule has 34 heavy (non-hydrogen) atoms. The van der Waals surface area contributed by atoms with E-state index in [9.17, 15) is 9.59 Å². The van der Waals surface area contributed by atoms with E-state index in [1.165, 1.54) is 6.92 Å². The van der Waals surface area contributed by atoms with Crippen LogP contribution >= 0.6 is 0 Å². The summed E-state index contributed by atoms with van der Waals surface area (Å²) in [6.07, 6.45) is 3.10. The summed E-state index contributed by atoms with van der Waals surface area (Å²) in [6, 6.07) is 23.0. The van der Waals surface area contributed by atoms with E-state index in [-0.39, 0.29) is 12.4 Å². The number of carboxylic acid groups (broad SMARTS) is 1. The van der Waals surface area contributed by atoms with Gasteiger partial charge in [0.15, 0.2) is 6.10 Å². The minimum Gasteiger partial charge on any atom is -0.479 e. The minimum atomic E-state index is -0.984. The van der Waals surface area contributed by atoms with E-state index in [0.29, 0.717) is 17.8 Å². The number of allylic oxidation sites excluding steroid dienone is 1. The fraction of sp³-hybridized carbons (Fsp3) is 0.179. The Morgan fingerprint density at radius 2 is 1.82 bits per heavy atom. The van der Waals surface area contributed by atoms with Gasteiger partial charge in [-0.25, -0.2) is 4.79 Å². The number of para-hydroxylation sites is 1. The molecule has 0 unspecified atom stereocenters. The Morgan fingerprint density at radius 3 is 2.59 bits per heavy atom. The summed E-state index contributed by atoms with van der Waals surface area (Å²) in [5.74, 6) is -1.08. The Kier molecular flexibility index (Phi) is 6.99. The molecule has 0 aliphatic rings. The van der Waals surface area contributed by atoms with Gasteiger partial charge in [-0.2, -0.15) is 5.10 Å². The highest BCUT2D eigenvalue weighted by Crippen LogP contribution is 2.22. The van der Waals surface area contributed by atoms with Gasteiger partial charge in [0, 0.05) is 10.9 Å². The first-order chi connectivity index (χ1) is 16.4. The summed E-state index contributed by atoms with van der Waals surface area (Å²) in [7, 11) is 0. The van der Waals surface area contributed by atoms with E-state index in [1.807, 2.05) is 96.6 Å². The lowest BCUT2D eigenvalue weighted by atomic mass is 10.0. The molecule has 4 rings (SSSR count). The van der Waals surface area contributed by atoms with E-state index >= 15 is 0 Å². The van der Waals surface area contributed by atoms with Gasteiger partial charge in [-0.15, -0.1) is 0 Å². The van der Waals surface area contributed by atoms with Crippen molar-refractivity contribution in [1.82, 2.24) is 9.78 Å². The zero-order valence-electron chi connectivity index (χ0n) is 19.1. The number of aromatic nitrogens is 2. The van der Waals surface area contributed by atoms with Crippen LogP contribution in [0.15, 0.2) is 78.9 Å². The van der Waals surface area contributed by atoms with E-state index in [2.05, 4.69) is 5.10 Å². The van der Waals surface area contributed by atoms with Gasteiger partial charge in [0.1, 0.15) is 5.69 Å². The second-order valence-corrected chi connectivity index (χ2v) is 8.18. The van der Waals surface area contributed by atoms with Crippen LogP contribution in [-0.4, -0.2) is 32.7 Å². The molecule has 6 nitrogen and oxygen atoms in total. The number of carbonyl (C=O) groups is 2. The molecular formula is C28H26N2O4. The number of hydrogen-bond acceptors (Lipinski definition) is 4. The molecule has 1 atom stereocenters. The number of ether oxygens (including phenoxy) is 1. The maximum Gasteiger partial charge on any atom is 0.332 e. The summed E-state index contributed by atoms with van der Waals surface area (Å²) in [5, 5.41) is 14.4. The first-order valence-electron chi connectivity index (χ1n) is 11.1. The zero-order valence-corrected chi connectivity index (χ0v) is 19.1. The second kappa shape index (κ2) is 10.3. The minimum absolute atomic E-state index is 0.0952. The maximum absolute atomic E-state index is 13.1. The topological polar surface area (TPSA) is 81.4 Å². The smallest absolute Gasteiger partial charge is 0.332 e. The van der Waals surface area contributed by atoms with Crippen molar-refractivity contribution in [3.8, 4) is 0 Å². The molecule has 6 heteroatoms. The van der Waals surface area contributed by atoms with E-state index in [1.54, 1.807) is 0 Å². The van der Waals surface area contributed by atoms with Gasteiger partial charge >= 0.3 is 5.97 Å². The van der Waals surface area contributed by atoms with Crippen molar-refractivity contribution < 1.29 is 19.4 Å². The Labute approximate surface area is 198 Å². The predicted molar refractivity (Wildman–Crippen MR) is 132 cm³/mol. The molecule has 0 bridgehead atoms. The molecule has 0 spiro atoms. The molecule has 4 aromatic rings. The molecular weight excluding hydrogens is 428 g/mol. The van der Waals surface area contributed by atoms with Crippen LogP contribution in [0.25, 0.3) is 17.0 Å². The van der Waals surface area contributed by atoms with Crippen molar-refractivity contribution in [1.29, 1.82) is 0 Å². The average Bonchev–Trinajstić information content (AvgIpc) is 3.21. The number of nitrogens with zero attached hydrogens (tertiary/aromatic N) is 2. The van der Waals surface area contributed by atoms with Gasteiger partial charge in [0.2, 0.25) is 5.78 Å². The number of carboxylic acids is 1. The molecule has 1 aromatic heterocycles. The molecule has 172 valence electrons. The summed E-state index contributed by atoms with van der Waals surface area (Å²) in [6.45, 7) is 4.23. The predicted octanol–water partition coefficient (Wildman–Crippen LogP) is 5.28. The van der Waals surface area contributed by atoms with Gasteiger partial charge < -0.3 is 9.84 Å². The van der Waals surface area contributed by atoms with Gasteiger partial charge in [-0.3, -0.25) is 9.48 Å². The van der Waals surface area contributed by atoms with Gasteiger partial charge in [0.25, 0.3) is 0 Å². The zero-order chi connectivity index (χ0) is 24.1. The van der Waals surface area contributed by atoms with Crippen LogP contribution in [0, 0.1) is 6.92 Å². The Morgan fingerprint density at radius 1 is 1.06 bits per heavy atom. The number of hydrogen-bond donors (Lipinski definition) is 1. The van der Waals surface area contributed by atoms with Crippen molar-refractivity contribution in [2.75, 3.05) is 0 Å². The monoisotopic (exact) mass is 454 g/mol. The van der Waals surface area contributed by atoms with Crippen LogP contribution in [-0.2, 0) is 22.7 Å². The number of ketones is 1. The number of benzene rings is 3. The number of rotatable bonds is 9. The lowest BCUT2D eigenvalue weighted by Gasteiger charge is -2.08. The molecule has 0 fully saturated rings.